The molecule has 7 nitrogen and oxygen atoms in total. The molecular weight excluding hydrogens is 401 g/mol. The number of amides is 3. The van der Waals surface area contributed by atoms with E-state index in [2.05, 4.69) is 5.32 Å². The molecule has 2 aromatic carbocycles. The largest absolute Gasteiger partial charge is 0.493 e. The van der Waals surface area contributed by atoms with E-state index in [1.54, 1.807) is 38.3 Å². The Bertz CT molecular complexity index is 1050. The van der Waals surface area contributed by atoms with Crippen LogP contribution in [0.15, 0.2) is 53.7 Å². The molecule has 162 valence electrons. The van der Waals surface area contributed by atoms with Crippen LogP contribution in [0, 0.1) is 5.82 Å². The Hall–Kier alpha value is -3.55. The highest BCUT2D eigenvalue weighted by Gasteiger charge is 2.42. The number of rotatable bonds is 6. The summed E-state index contributed by atoms with van der Waals surface area (Å²) < 4.78 is 24.0. The van der Waals surface area contributed by atoms with Gasteiger partial charge in [0.25, 0.3) is 5.91 Å². The average Bonchev–Trinajstić information content (AvgIpc) is 3.11. The van der Waals surface area contributed by atoms with Gasteiger partial charge in [-0.25, -0.2) is 9.18 Å². The van der Waals surface area contributed by atoms with Gasteiger partial charge in [0.15, 0.2) is 11.5 Å². The third-order valence-electron chi connectivity index (χ3n) is 5.76. The summed E-state index contributed by atoms with van der Waals surface area (Å²) in [6.07, 6.45) is 0.624. The van der Waals surface area contributed by atoms with E-state index in [4.69, 9.17) is 9.47 Å². The Morgan fingerprint density at radius 3 is 2.45 bits per heavy atom. The molecule has 2 heterocycles. The summed E-state index contributed by atoms with van der Waals surface area (Å²) in [5.74, 6) is 0.785. The molecule has 1 N–H and O–H groups in total. The first-order valence-electron chi connectivity index (χ1n) is 9.95. The lowest BCUT2D eigenvalue weighted by molar-refractivity contribution is -0.125. The Labute approximate surface area is 180 Å². The van der Waals surface area contributed by atoms with Crippen LogP contribution in [0.5, 0.6) is 11.5 Å². The summed E-state index contributed by atoms with van der Waals surface area (Å²) in [5.41, 5.74) is 2.88. The molecule has 3 amide bonds. The molecule has 1 atom stereocenters. The van der Waals surface area contributed by atoms with Gasteiger partial charge < -0.3 is 19.7 Å². The van der Waals surface area contributed by atoms with Crippen molar-refractivity contribution in [1.82, 2.24) is 15.1 Å². The second kappa shape index (κ2) is 8.29. The lowest BCUT2D eigenvalue weighted by Crippen LogP contribution is -2.45. The maximum absolute atomic E-state index is 13.4. The summed E-state index contributed by atoms with van der Waals surface area (Å²) in [6, 6.07) is 10.6. The first kappa shape index (κ1) is 20.7. The van der Waals surface area contributed by atoms with E-state index in [9.17, 15) is 14.0 Å². The molecule has 1 unspecified atom stereocenters. The minimum atomic E-state index is -0.599. The van der Waals surface area contributed by atoms with Crippen LogP contribution in [0.2, 0.25) is 0 Å². The Kier molecular flexibility index (Phi) is 5.54. The average molecular weight is 425 g/mol. The van der Waals surface area contributed by atoms with Crippen molar-refractivity contribution in [1.29, 1.82) is 0 Å². The van der Waals surface area contributed by atoms with Gasteiger partial charge in [-0.3, -0.25) is 9.69 Å². The number of ether oxygens (including phenoxy) is 2. The van der Waals surface area contributed by atoms with Crippen LogP contribution in [0.3, 0.4) is 0 Å². The Balaban J connectivity index is 1.54. The van der Waals surface area contributed by atoms with E-state index in [0.717, 1.165) is 5.56 Å². The quantitative estimate of drug-likeness (QED) is 0.773. The van der Waals surface area contributed by atoms with Crippen molar-refractivity contribution >= 4 is 11.9 Å². The van der Waals surface area contributed by atoms with Crippen molar-refractivity contribution in [3.8, 4) is 11.5 Å². The second-order valence-electron chi connectivity index (χ2n) is 7.52. The summed E-state index contributed by atoms with van der Waals surface area (Å²) in [4.78, 5) is 28.9. The van der Waals surface area contributed by atoms with Crippen molar-refractivity contribution in [2.75, 3.05) is 34.4 Å². The smallest absolute Gasteiger partial charge is 0.322 e. The van der Waals surface area contributed by atoms with E-state index >= 15 is 0 Å². The van der Waals surface area contributed by atoms with Gasteiger partial charge >= 0.3 is 6.03 Å². The highest BCUT2D eigenvalue weighted by molar-refractivity contribution is 6.01. The summed E-state index contributed by atoms with van der Waals surface area (Å²) in [7, 11) is 4.82. The molecule has 2 aliphatic heterocycles. The lowest BCUT2D eigenvalue weighted by atomic mass is 9.96. The topological polar surface area (TPSA) is 71.1 Å². The SMILES string of the molecule is COc1ccc(CCN2CC3=C(C2=O)C(c2ccc(F)cc2)NC(=O)N3C)cc1OC. The highest BCUT2D eigenvalue weighted by atomic mass is 19.1. The standard InChI is InChI=1S/C23H24FN3O4/c1-26-17-13-27(11-10-14-4-9-18(30-2)19(12-14)31-3)22(28)20(17)21(25-23(26)29)15-5-7-16(24)8-6-15/h4-9,12,21H,10-11,13H2,1-3H3,(H,25,29). The van der Waals surface area contributed by atoms with Crippen LogP contribution in [-0.2, 0) is 11.2 Å². The first-order chi connectivity index (χ1) is 14.9. The fraction of sp³-hybridized carbons (Fsp3) is 0.304. The molecule has 4 rings (SSSR count). The van der Waals surface area contributed by atoms with E-state index in [1.165, 1.54) is 17.0 Å². The molecule has 0 aliphatic carbocycles. The zero-order valence-corrected chi connectivity index (χ0v) is 17.6. The van der Waals surface area contributed by atoms with Crippen molar-refractivity contribution < 1.29 is 23.5 Å². The van der Waals surface area contributed by atoms with Gasteiger partial charge in [-0.15, -0.1) is 0 Å². The lowest BCUT2D eigenvalue weighted by Gasteiger charge is -2.31. The maximum atomic E-state index is 13.4. The highest BCUT2D eigenvalue weighted by Crippen LogP contribution is 2.36. The molecule has 0 spiro atoms. The van der Waals surface area contributed by atoms with Crippen LogP contribution in [-0.4, -0.2) is 56.1 Å². The number of benzene rings is 2. The van der Waals surface area contributed by atoms with Gasteiger partial charge in [0.1, 0.15) is 5.82 Å². The number of hydrogen-bond donors (Lipinski definition) is 1. The zero-order valence-electron chi connectivity index (χ0n) is 17.6. The molecule has 2 aliphatic rings. The molecule has 0 saturated carbocycles. The number of nitrogens with zero attached hydrogens (tertiary/aromatic N) is 2. The van der Waals surface area contributed by atoms with Crippen molar-refractivity contribution in [2.24, 2.45) is 0 Å². The second-order valence-corrected chi connectivity index (χ2v) is 7.52. The van der Waals surface area contributed by atoms with Gasteiger partial charge in [-0.1, -0.05) is 18.2 Å². The fourth-order valence-corrected chi connectivity index (χ4v) is 4.01. The van der Waals surface area contributed by atoms with Crippen molar-refractivity contribution in [2.45, 2.75) is 12.5 Å². The number of urea groups is 1. The first-order valence-corrected chi connectivity index (χ1v) is 9.95. The number of halogens is 1. The zero-order chi connectivity index (χ0) is 22.1. The molecule has 0 bridgehead atoms. The van der Waals surface area contributed by atoms with E-state index in [-0.39, 0.29) is 17.8 Å². The number of likely N-dealkylation sites (N-methyl/N-ethyl adjacent to an activating group) is 1. The minimum Gasteiger partial charge on any atom is -0.493 e. The molecule has 0 saturated heterocycles. The Morgan fingerprint density at radius 2 is 1.77 bits per heavy atom. The summed E-state index contributed by atoms with van der Waals surface area (Å²) in [5, 5.41) is 2.85. The van der Waals surface area contributed by atoms with Crippen LogP contribution < -0.4 is 14.8 Å². The minimum absolute atomic E-state index is 0.128. The van der Waals surface area contributed by atoms with Crippen LogP contribution in [0.1, 0.15) is 17.2 Å². The number of methoxy groups -OCH3 is 2. The molecule has 0 radical (unpaired) electrons. The van der Waals surface area contributed by atoms with Crippen LogP contribution in [0.25, 0.3) is 0 Å². The van der Waals surface area contributed by atoms with Crippen LogP contribution >= 0.6 is 0 Å². The molecule has 0 fully saturated rings. The predicted octanol–water partition coefficient (Wildman–Crippen LogP) is 2.88. The summed E-state index contributed by atoms with van der Waals surface area (Å²) in [6.45, 7) is 0.836. The Morgan fingerprint density at radius 1 is 1.06 bits per heavy atom. The van der Waals surface area contributed by atoms with Gasteiger partial charge in [0.05, 0.1) is 38.1 Å². The van der Waals surface area contributed by atoms with Gasteiger partial charge in [-0.05, 0) is 41.8 Å². The number of hydrogen-bond acceptors (Lipinski definition) is 4. The third-order valence-corrected chi connectivity index (χ3v) is 5.76. The molecule has 0 aromatic heterocycles. The third kappa shape index (κ3) is 3.81. The summed E-state index contributed by atoms with van der Waals surface area (Å²) >= 11 is 0. The van der Waals surface area contributed by atoms with Crippen molar-refractivity contribution in [3.63, 3.8) is 0 Å². The van der Waals surface area contributed by atoms with E-state index < -0.39 is 6.04 Å². The van der Waals surface area contributed by atoms with E-state index in [1.807, 2.05) is 18.2 Å². The number of nitrogens with one attached hydrogen (secondary N) is 1. The predicted molar refractivity (Wildman–Crippen MR) is 112 cm³/mol. The normalized spacial score (nSPS) is 18.3. The molecule has 31 heavy (non-hydrogen) atoms. The van der Waals surface area contributed by atoms with Crippen molar-refractivity contribution in [3.05, 3.63) is 70.7 Å². The molecule has 8 heteroatoms. The van der Waals surface area contributed by atoms with Gasteiger partial charge in [-0.2, -0.15) is 0 Å². The monoisotopic (exact) mass is 425 g/mol. The number of carbonyl (C=O) groups excluding carboxylic acids is 2. The molecular formula is C23H24FN3O4. The number of carbonyl (C=O) groups is 2. The fourth-order valence-electron chi connectivity index (χ4n) is 4.01. The van der Waals surface area contributed by atoms with Gasteiger partial charge in [0, 0.05) is 13.6 Å². The van der Waals surface area contributed by atoms with E-state index in [0.29, 0.717) is 47.8 Å². The maximum Gasteiger partial charge on any atom is 0.322 e. The van der Waals surface area contributed by atoms with Crippen LogP contribution in [0.4, 0.5) is 9.18 Å². The van der Waals surface area contributed by atoms with Gasteiger partial charge in [0.2, 0.25) is 0 Å². The molecule has 2 aromatic rings.